The van der Waals surface area contributed by atoms with Crippen molar-refractivity contribution in [3.05, 3.63) is 84.3 Å². The van der Waals surface area contributed by atoms with E-state index in [-0.39, 0.29) is 16.0 Å². The molecule has 2 heterocycles. The van der Waals surface area contributed by atoms with Crippen molar-refractivity contribution >= 4 is 66.7 Å². The maximum atomic E-state index is 13.0. The number of carbonyl (C=O) groups is 1. The number of rotatable bonds is 7. The highest BCUT2D eigenvalue weighted by molar-refractivity contribution is 7.94. The average Bonchev–Trinajstić information content (AvgIpc) is 3.22. The number of benzene rings is 2. The Balaban J connectivity index is 1.58. The second kappa shape index (κ2) is 9.38. The van der Waals surface area contributed by atoms with Crippen molar-refractivity contribution in [3.8, 4) is 5.69 Å². The Hall–Kier alpha value is -2.92. The van der Waals surface area contributed by atoms with Crippen LogP contribution in [0.1, 0.15) is 5.56 Å². The lowest BCUT2D eigenvalue weighted by Gasteiger charge is -2.10. The number of hydrogen-bond donors (Lipinski definition) is 2. The number of halogens is 2. The number of nitrogens with one attached hydrogen (secondary N) is 2. The van der Waals surface area contributed by atoms with E-state index in [4.69, 9.17) is 23.2 Å². The van der Waals surface area contributed by atoms with Gasteiger partial charge in [0.15, 0.2) is 15.6 Å². The fourth-order valence-corrected chi connectivity index (χ4v) is 6.52. The zero-order valence-electron chi connectivity index (χ0n) is 17.6. The molecule has 8 nitrogen and oxygen atoms in total. The summed E-state index contributed by atoms with van der Waals surface area (Å²) in [6.45, 7) is 0. The maximum absolute atomic E-state index is 13.0. The Morgan fingerprint density at radius 2 is 1.79 bits per heavy atom. The molecule has 0 atom stereocenters. The second-order valence-corrected chi connectivity index (χ2v) is 11.7. The molecule has 0 aliphatic carbocycles. The third-order valence-electron chi connectivity index (χ3n) is 5.06. The first kappa shape index (κ1) is 24.2. The van der Waals surface area contributed by atoms with Gasteiger partial charge in [0, 0.05) is 13.5 Å². The highest BCUT2D eigenvalue weighted by Gasteiger charge is 2.21. The van der Waals surface area contributed by atoms with Crippen LogP contribution in [-0.2, 0) is 21.1 Å². The van der Waals surface area contributed by atoms with E-state index < -0.39 is 32.6 Å². The Bertz CT molecular complexity index is 1640. The number of Topliss-reactive ketones (excluding diaryl/α,β-unsaturated/α-hetero) is 1. The van der Waals surface area contributed by atoms with Gasteiger partial charge in [0.25, 0.3) is 5.56 Å². The molecular weight excluding hydrogens is 521 g/mol. The molecule has 34 heavy (non-hydrogen) atoms. The van der Waals surface area contributed by atoms with Crippen LogP contribution in [0.5, 0.6) is 0 Å². The highest BCUT2D eigenvalue weighted by Crippen LogP contribution is 2.27. The van der Waals surface area contributed by atoms with E-state index in [1.54, 1.807) is 25.2 Å². The normalized spacial score (nSPS) is 11.6. The number of aromatic amines is 1. The van der Waals surface area contributed by atoms with Crippen molar-refractivity contribution in [2.24, 2.45) is 0 Å². The van der Waals surface area contributed by atoms with Gasteiger partial charge in [-0.05, 0) is 42.0 Å². The second-order valence-electron chi connectivity index (χ2n) is 7.40. The van der Waals surface area contributed by atoms with Gasteiger partial charge in [-0.2, -0.15) is 0 Å². The molecule has 2 N–H and O–H groups in total. The molecule has 0 fully saturated rings. The molecule has 176 valence electrons. The van der Waals surface area contributed by atoms with Crippen molar-refractivity contribution in [2.75, 3.05) is 18.1 Å². The van der Waals surface area contributed by atoms with Crippen LogP contribution in [0.3, 0.4) is 0 Å². The van der Waals surface area contributed by atoms with Crippen molar-refractivity contribution in [2.45, 2.75) is 10.6 Å². The summed E-state index contributed by atoms with van der Waals surface area (Å²) in [6.07, 6.45) is -0.121. The predicted octanol–water partition coefficient (Wildman–Crippen LogP) is 3.67. The fourth-order valence-electron chi connectivity index (χ4n) is 3.45. The minimum absolute atomic E-state index is 0.0399. The number of sulfone groups is 1. The Morgan fingerprint density at radius 3 is 2.41 bits per heavy atom. The van der Waals surface area contributed by atoms with Crippen LogP contribution in [0.2, 0.25) is 9.36 Å². The summed E-state index contributed by atoms with van der Waals surface area (Å²) in [5.41, 5.74) is 0.564. The van der Waals surface area contributed by atoms with E-state index >= 15 is 0 Å². The van der Waals surface area contributed by atoms with E-state index in [1.165, 1.54) is 30.3 Å². The van der Waals surface area contributed by atoms with Crippen LogP contribution in [0.4, 0.5) is 5.69 Å². The van der Waals surface area contributed by atoms with Crippen LogP contribution in [0.25, 0.3) is 16.6 Å². The van der Waals surface area contributed by atoms with Crippen LogP contribution in [-0.4, -0.2) is 36.6 Å². The SMILES string of the molecule is CNc1cc2[nH]c(=O)n(-c3ccc(CC(=O)CS(=O)(=O)c4ccc(Cl)s4)cc3)c(=O)c2cc1Cl. The topological polar surface area (TPSA) is 118 Å². The van der Waals surface area contributed by atoms with Crippen molar-refractivity contribution < 1.29 is 13.2 Å². The number of H-pyrrole nitrogens is 1. The van der Waals surface area contributed by atoms with Gasteiger partial charge in [-0.1, -0.05) is 35.3 Å². The third kappa shape index (κ3) is 4.80. The van der Waals surface area contributed by atoms with Gasteiger partial charge >= 0.3 is 5.69 Å². The van der Waals surface area contributed by atoms with Gasteiger partial charge in [-0.15, -0.1) is 11.3 Å². The summed E-state index contributed by atoms with van der Waals surface area (Å²) in [5, 5.41) is 3.46. The molecule has 0 saturated heterocycles. The number of nitrogens with zero attached hydrogens (tertiary/aromatic N) is 1. The number of carbonyl (C=O) groups excluding carboxylic acids is 1. The zero-order valence-corrected chi connectivity index (χ0v) is 20.7. The van der Waals surface area contributed by atoms with Crippen LogP contribution >= 0.6 is 34.5 Å². The molecule has 12 heteroatoms. The summed E-state index contributed by atoms with van der Waals surface area (Å²) in [7, 11) is -2.10. The number of aromatic nitrogens is 2. The molecule has 0 aliphatic heterocycles. The molecule has 4 rings (SSSR count). The molecule has 0 unspecified atom stereocenters. The summed E-state index contributed by atoms with van der Waals surface area (Å²) < 4.78 is 26.1. The molecule has 4 aromatic rings. The lowest BCUT2D eigenvalue weighted by Crippen LogP contribution is -2.33. The molecule has 0 aliphatic rings. The predicted molar refractivity (Wildman–Crippen MR) is 135 cm³/mol. The Morgan fingerprint density at radius 1 is 1.09 bits per heavy atom. The number of anilines is 1. The largest absolute Gasteiger partial charge is 0.387 e. The summed E-state index contributed by atoms with van der Waals surface area (Å²) >= 11 is 12.9. The third-order valence-corrected chi connectivity index (χ3v) is 8.86. The molecule has 0 bridgehead atoms. The maximum Gasteiger partial charge on any atom is 0.333 e. The molecule has 0 amide bonds. The van der Waals surface area contributed by atoms with Crippen LogP contribution < -0.4 is 16.6 Å². The van der Waals surface area contributed by atoms with Gasteiger partial charge in [-0.3, -0.25) is 9.59 Å². The first-order valence-corrected chi connectivity index (χ1v) is 13.1. The average molecular weight is 538 g/mol. The Kier molecular flexibility index (Phi) is 6.68. The van der Waals surface area contributed by atoms with Crippen molar-refractivity contribution in [1.82, 2.24) is 9.55 Å². The minimum atomic E-state index is -3.77. The summed E-state index contributed by atoms with van der Waals surface area (Å²) in [6, 6.07) is 12.1. The van der Waals surface area contributed by atoms with E-state index in [9.17, 15) is 22.8 Å². The van der Waals surface area contributed by atoms with Gasteiger partial charge in [-0.25, -0.2) is 17.8 Å². The highest BCUT2D eigenvalue weighted by atomic mass is 35.5. The minimum Gasteiger partial charge on any atom is -0.387 e. The molecule has 2 aromatic heterocycles. The lowest BCUT2D eigenvalue weighted by molar-refractivity contribution is -0.116. The summed E-state index contributed by atoms with van der Waals surface area (Å²) in [4.78, 5) is 40.6. The molecule has 0 spiro atoms. The van der Waals surface area contributed by atoms with Gasteiger partial charge < -0.3 is 10.3 Å². The van der Waals surface area contributed by atoms with Crippen molar-refractivity contribution in [3.63, 3.8) is 0 Å². The van der Waals surface area contributed by atoms with E-state index in [0.717, 1.165) is 15.9 Å². The zero-order chi connectivity index (χ0) is 24.6. The van der Waals surface area contributed by atoms with Gasteiger partial charge in [0.1, 0.15) is 9.96 Å². The number of thiophene rings is 1. The van der Waals surface area contributed by atoms with E-state index in [2.05, 4.69) is 10.3 Å². The van der Waals surface area contributed by atoms with E-state index in [1.807, 2.05) is 0 Å². The monoisotopic (exact) mass is 537 g/mol. The fraction of sp³-hybridized carbons (Fsp3) is 0.136. The molecule has 0 saturated carbocycles. The van der Waals surface area contributed by atoms with Gasteiger partial charge in [0.2, 0.25) is 0 Å². The van der Waals surface area contributed by atoms with Crippen LogP contribution in [0.15, 0.2) is 62.3 Å². The smallest absolute Gasteiger partial charge is 0.333 e. The van der Waals surface area contributed by atoms with Crippen LogP contribution in [0, 0.1) is 0 Å². The standard InChI is InChI=1S/C22H17Cl2N3O5S2/c1-25-18-10-17-15(9-16(18)23)21(29)27(22(30)26-17)13-4-2-12(3-5-13)8-14(28)11-34(31,32)20-7-6-19(24)33-20/h2-7,9-10,25H,8,11H2,1H3,(H,26,30). The first-order valence-electron chi connectivity index (χ1n) is 9.84. The molecule has 0 radical (unpaired) electrons. The Labute approximate surface area is 207 Å². The van der Waals surface area contributed by atoms with Crippen molar-refractivity contribution in [1.29, 1.82) is 0 Å². The molecule has 2 aromatic carbocycles. The van der Waals surface area contributed by atoms with Gasteiger partial charge in [0.05, 0.1) is 31.6 Å². The quantitative estimate of drug-likeness (QED) is 0.371. The number of ketones is 1. The number of hydrogen-bond acceptors (Lipinski definition) is 7. The number of fused-ring (bicyclic) bond motifs is 1. The molecular formula is C22H17Cl2N3O5S2. The van der Waals surface area contributed by atoms with E-state index in [0.29, 0.717) is 31.8 Å². The first-order chi connectivity index (χ1) is 16.1. The summed E-state index contributed by atoms with van der Waals surface area (Å²) in [5.74, 6) is -1.14. The lowest BCUT2D eigenvalue weighted by atomic mass is 10.1.